The number of ether oxygens (including phenoxy) is 2. The summed E-state index contributed by atoms with van der Waals surface area (Å²) < 4.78 is 10.2. The minimum Gasteiger partial charge on any atom is -0.477 e. The molecule has 0 atom stereocenters. The summed E-state index contributed by atoms with van der Waals surface area (Å²) in [6.45, 7) is 8.39. The van der Waals surface area contributed by atoms with Crippen LogP contribution in [0.4, 0.5) is 0 Å². The lowest BCUT2D eigenvalue weighted by Crippen LogP contribution is -2.05. The second kappa shape index (κ2) is 6.68. The Morgan fingerprint density at radius 1 is 1.47 bits per heavy atom. The second-order valence-corrected chi connectivity index (χ2v) is 3.66. The summed E-state index contributed by atoms with van der Waals surface area (Å²) >= 11 is 0. The van der Waals surface area contributed by atoms with Gasteiger partial charge in [-0.05, 0) is 19.9 Å². The van der Waals surface area contributed by atoms with Gasteiger partial charge < -0.3 is 9.47 Å². The molecule has 0 saturated heterocycles. The fourth-order valence-corrected chi connectivity index (χ4v) is 1.13. The number of aromatic nitrogens is 1. The van der Waals surface area contributed by atoms with Crippen LogP contribution in [0.3, 0.4) is 0 Å². The van der Waals surface area contributed by atoms with Gasteiger partial charge in [0.1, 0.15) is 0 Å². The lowest BCUT2D eigenvalue weighted by molar-refractivity contribution is 0.0526. The zero-order valence-electron chi connectivity index (χ0n) is 10.2. The molecule has 0 unspecified atom stereocenters. The highest BCUT2D eigenvalue weighted by molar-refractivity contribution is 5.89. The van der Waals surface area contributed by atoms with Gasteiger partial charge in [0.2, 0.25) is 5.88 Å². The first-order chi connectivity index (χ1) is 8.13. The summed E-state index contributed by atoms with van der Waals surface area (Å²) in [6, 6.07) is 3.30. The van der Waals surface area contributed by atoms with Gasteiger partial charge in [0, 0.05) is 18.7 Å². The summed E-state index contributed by atoms with van der Waals surface area (Å²) in [7, 11) is 0. The smallest absolute Gasteiger partial charge is 0.339 e. The number of carbonyl (C=O) groups excluding carboxylic acids is 1. The zero-order valence-corrected chi connectivity index (χ0v) is 10.2. The number of nitrogens with zero attached hydrogens (tertiary/aromatic N) is 1. The van der Waals surface area contributed by atoms with Gasteiger partial charge in [-0.25, -0.2) is 9.78 Å². The molecule has 0 radical (unpaired) electrons. The first-order valence-corrected chi connectivity index (χ1v) is 5.54. The summed E-state index contributed by atoms with van der Waals surface area (Å²) in [5, 5.41) is 0. The maximum atomic E-state index is 11.3. The molecule has 17 heavy (non-hydrogen) atoms. The fraction of sp³-hybridized carbons (Fsp3) is 0.385. The molecular formula is C13H17NO3. The molecule has 4 nitrogen and oxygen atoms in total. The van der Waals surface area contributed by atoms with Crippen LogP contribution in [0.1, 0.15) is 30.6 Å². The van der Waals surface area contributed by atoms with Gasteiger partial charge in [-0.3, -0.25) is 0 Å². The van der Waals surface area contributed by atoms with E-state index in [1.165, 1.54) is 6.20 Å². The average molecular weight is 235 g/mol. The van der Waals surface area contributed by atoms with Crippen LogP contribution in [-0.4, -0.2) is 24.2 Å². The van der Waals surface area contributed by atoms with Crippen molar-refractivity contribution in [2.45, 2.75) is 20.3 Å². The first kappa shape index (κ1) is 13.2. The third-order valence-electron chi connectivity index (χ3n) is 2.03. The molecule has 0 aliphatic rings. The molecule has 4 heteroatoms. The van der Waals surface area contributed by atoms with Gasteiger partial charge in [0.05, 0.1) is 18.8 Å². The summed E-state index contributed by atoms with van der Waals surface area (Å²) in [4.78, 5) is 15.4. The third-order valence-corrected chi connectivity index (χ3v) is 2.03. The number of rotatable bonds is 6. The molecule has 0 fully saturated rings. The SMILES string of the molecule is C=C(C)CCOc1ccc(C(=O)OCC)cn1. The van der Waals surface area contributed by atoms with E-state index in [0.717, 1.165) is 12.0 Å². The number of pyridine rings is 1. The average Bonchev–Trinajstić information content (AvgIpc) is 2.30. The molecular weight excluding hydrogens is 218 g/mol. The Kier molecular flexibility index (Phi) is 5.20. The highest BCUT2D eigenvalue weighted by atomic mass is 16.5. The molecule has 1 heterocycles. The minimum absolute atomic E-state index is 0.357. The summed E-state index contributed by atoms with van der Waals surface area (Å²) in [5.41, 5.74) is 1.49. The Hall–Kier alpha value is -1.84. The summed E-state index contributed by atoms with van der Waals surface area (Å²) in [6.07, 6.45) is 2.25. The Balaban J connectivity index is 2.50. The van der Waals surface area contributed by atoms with E-state index >= 15 is 0 Å². The van der Waals surface area contributed by atoms with Crippen LogP contribution in [0.15, 0.2) is 30.5 Å². The van der Waals surface area contributed by atoms with Crippen LogP contribution < -0.4 is 4.74 Å². The van der Waals surface area contributed by atoms with Gasteiger partial charge in [0.15, 0.2) is 0 Å². The van der Waals surface area contributed by atoms with Gasteiger partial charge in [0.25, 0.3) is 0 Å². The van der Waals surface area contributed by atoms with Crippen LogP contribution in [0, 0.1) is 0 Å². The number of hydrogen-bond acceptors (Lipinski definition) is 4. The van der Waals surface area contributed by atoms with Crippen LogP contribution >= 0.6 is 0 Å². The van der Waals surface area contributed by atoms with E-state index in [1.54, 1.807) is 19.1 Å². The Morgan fingerprint density at radius 2 is 2.24 bits per heavy atom. The van der Waals surface area contributed by atoms with E-state index in [9.17, 15) is 4.79 Å². The molecule has 92 valence electrons. The maximum Gasteiger partial charge on any atom is 0.339 e. The lowest BCUT2D eigenvalue weighted by Gasteiger charge is -2.05. The van der Waals surface area contributed by atoms with Crippen molar-refractivity contribution in [3.05, 3.63) is 36.0 Å². The van der Waals surface area contributed by atoms with Crippen LogP contribution in [0.5, 0.6) is 5.88 Å². The van der Waals surface area contributed by atoms with E-state index < -0.39 is 0 Å². The monoisotopic (exact) mass is 235 g/mol. The minimum atomic E-state index is -0.367. The van der Waals surface area contributed by atoms with E-state index in [-0.39, 0.29) is 5.97 Å². The van der Waals surface area contributed by atoms with Crippen molar-refractivity contribution in [3.8, 4) is 5.88 Å². The molecule has 1 aromatic heterocycles. The number of esters is 1. The molecule has 0 amide bonds. The standard InChI is InChI=1S/C13H17NO3/c1-4-16-13(15)11-5-6-12(14-9-11)17-8-7-10(2)3/h5-6,9H,2,4,7-8H2,1,3H3. The number of carbonyl (C=O) groups is 1. The Labute approximate surface area is 101 Å². The molecule has 0 N–H and O–H groups in total. The highest BCUT2D eigenvalue weighted by Gasteiger charge is 2.06. The zero-order chi connectivity index (χ0) is 12.7. The van der Waals surface area contributed by atoms with Crippen molar-refractivity contribution in [1.82, 2.24) is 4.98 Å². The molecule has 0 aromatic carbocycles. The van der Waals surface area contributed by atoms with E-state index in [2.05, 4.69) is 11.6 Å². The normalized spacial score (nSPS) is 9.76. The van der Waals surface area contributed by atoms with Gasteiger partial charge in [-0.15, -0.1) is 6.58 Å². The van der Waals surface area contributed by atoms with Crippen LogP contribution in [0.25, 0.3) is 0 Å². The maximum absolute atomic E-state index is 11.3. The molecule has 1 aromatic rings. The lowest BCUT2D eigenvalue weighted by atomic mass is 10.2. The largest absolute Gasteiger partial charge is 0.477 e. The van der Waals surface area contributed by atoms with Crippen LogP contribution in [0.2, 0.25) is 0 Å². The first-order valence-electron chi connectivity index (χ1n) is 5.54. The molecule has 0 saturated carbocycles. The Morgan fingerprint density at radius 3 is 2.76 bits per heavy atom. The predicted molar refractivity (Wildman–Crippen MR) is 65.1 cm³/mol. The second-order valence-electron chi connectivity index (χ2n) is 3.66. The number of hydrogen-bond donors (Lipinski definition) is 0. The van der Waals surface area contributed by atoms with E-state index in [0.29, 0.717) is 24.7 Å². The van der Waals surface area contributed by atoms with Crippen LogP contribution in [-0.2, 0) is 4.74 Å². The summed E-state index contributed by atoms with van der Waals surface area (Å²) in [5.74, 6) is 0.132. The van der Waals surface area contributed by atoms with E-state index in [1.807, 2.05) is 6.92 Å². The quantitative estimate of drug-likeness (QED) is 0.561. The topological polar surface area (TPSA) is 48.4 Å². The molecule has 0 aliphatic carbocycles. The third kappa shape index (κ3) is 4.68. The van der Waals surface area contributed by atoms with E-state index in [4.69, 9.17) is 9.47 Å². The van der Waals surface area contributed by atoms with Gasteiger partial charge in [-0.2, -0.15) is 0 Å². The van der Waals surface area contributed by atoms with Crippen molar-refractivity contribution in [2.24, 2.45) is 0 Å². The fourth-order valence-electron chi connectivity index (χ4n) is 1.13. The molecule has 0 bridgehead atoms. The van der Waals surface area contributed by atoms with Gasteiger partial charge in [-0.1, -0.05) is 5.57 Å². The van der Waals surface area contributed by atoms with Crippen molar-refractivity contribution >= 4 is 5.97 Å². The molecule has 0 spiro atoms. The highest BCUT2D eigenvalue weighted by Crippen LogP contribution is 2.09. The van der Waals surface area contributed by atoms with Crippen molar-refractivity contribution < 1.29 is 14.3 Å². The van der Waals surface area contributed by atoms with Crippen molar-refractivity contribution in [2.75, 3.05) is 13.2 Å². The Bertz CT molecular complexity index is 384. The van der Waals surface area contributed by atoms with Crippen molar-refractivity contribution in [3.63, 3.8) is 0 Å². The van der Waals surface area contributed by atoms with Gasteiger partial charge >= 0.3 is 5.97 Å². The predicted octanol–water partition coefficient (Wildman–Crippen LogP) is 2.60. The molecule has 0 aliphatic heterocycles. The van der Waals surface area contributed by atoms with Crippen molar-refractivity contribution in [1.29, 1.82) is 0 Å². The molecule has 1 rings (SSSR count).